The molecule has 0 amide bonds. The summed E-state index contributed by atoms with van der Waals surface area (Å²) in [5.74, 6) is 0. The van der Waals surface area contributed by atoms with Crippen molar-refractivity contribution in [3.63, 3.8) is 0 Å². The van der Waals surface area contributed by atoms with Crippen LogP contribution in [0.1, 0.15) is 5.56 Å². The lowest BCUT2D eigenvalue weighted by molar-refractivity contribution is 0.307. The van der Waals surface area contributed by atoms with Crippen molar-refractivity contribution in [1.29, 1.82) is 0 Å². The second-order valence-corrected chi connectivity index (χ2v) is 3.78. The first-order chi connectivity index (χ1) is 9.36. The number of benzene rings is 1. The number of nitrogens with zero attached hydrogens (tertiary/aromatic N) is 1. The van der Waals surface area contributed by atoms with Crippen molar-refractivity contribution >= 4 is 18.0 Å². The maximum absolute atomic E-state index is 8.52. The molecular weight excluding hydrogens is 236 g/mol. The summed E-state index contributed by atoms with van der Waals surface area (Å²) in [4.78, 5) is 3.95. The van der Waals surface area contributed by atoms with Crippen molar-refractivity contribution in [3.05, 3.63) is 60.2 Å². The molecule has 100 valence electrons. The van der Waals surface area contributed by atoms with Crippen LogP contribution in [0.3, 0.4) is 0 Å². The number of aliphatic hydroxyl groups is 1. The Kier molecular flexibility index (Phi) is 7.74. The van der Waals surface area contributed by atoms with Gasteiger partial charge < -0.3 is 10.4 Å². The largest absolute Gasteiger partial charge is 0.394 e. The molecule has 0 unspecified atom stereocenters. The summed E-state index contributed by atoms with van der Waals surface area (Å²) in [6.45, 7) is 0.547. The van der Waals surface area contributed by atoms with E-state index >= 15 is 0 Å². The van der Waals surface area contributed by atoms with Crippen molar-refractivity contribution in [2.24, 2.45) is 4.99 Å². The Labute approximate surface area is 114 Å². The monoisotopic (exact) mass is 256 g/mol. The minimum absolute atomic E-state index is 0.0925. The SMILES string of the molecule is CNc1ccc(/C=C/C=C/C=C\C=NCCO)cc1. The van der Waals surface area contributed by atoms with Gasteiger partial charge in [-0.25, -0.2) is 0 Å². The van der Waals surface area contributed by atoms with Crippen LogP contribution in [-0.4, -0.2) is 31.5 Å². The van der Waals surface area contributed by atoms with Crippen LogP contribution < -0.4 is 5.32 Å². The van der Waals surface area contributed by atoms with Crippen molar-refractivity contribution in [2.45, 2.75) is 0 Å². The molecule has 3 nitrogen and oxygen atoms in total. The van der Waals surface area contributed by atoms with E-state index in [9.17, 15) is 0 Å². The van der Waals surface area contributed by atoms with Crippen LogP contribution >= 0.6 is 0 Å². The molecule has 3 heteroatoms. The van der Waals surface area contributed by atoms with E-state index in [4.69, 9.17) is 5.11 Å². The average Bonchev–Trinajstić information content (AvgIpc) is 2.46. The molecule has 0 aromatic heterocycles. The minimum atomic E-state index is 0.0925. The van der Waals surface area contributed by atoms with Gasteiger partial charge >= 0.3 is 0 Å². The molecule has 0 saturated heterocycles. The van der Waals surface area contributed by atoms with E-state index < -0.39 is 0 Å². The van der Waals surface area contributed by atoms with Crippen molar-refractivity contribution < 1.29 is 5.11 Å². The van der Waals surface area contributed by atoms with Crippen LogP contribution in [0, 0.1) is 0 Å². The third-order valence-corrected chi connectivity index (χ3v) is 2.35. The summed E-state index contributed by atoms with van der Waals surface area (Å²) >= 11 is 0. The Hall–Kier alpha value is -2.13. The fourth-order valence-corrected chi connectivity index (χ4v) is 1.36. The highest BCUT2D eigenvalue weighted by Crippen LogP contribution is 2.09. The number of aliphatic hydroxyl groups excluding tert-OH is 1. The predicted molar refractivity (Wildman–Crippen MR) is 83.7 cm³/mol. The fourth-order valence-electron chi connectivity index (χ4n) is 1.36. The number of hydrogen-bond donors (Lipinski definition) is 2. The molecule has 0 aliphatic rings. The Balaban J connectivity index is 2.36. The van der Waals surface area contributed by atoms with E-state index in [0.717, 1.165) is 11.3 Å². The van der Waals surface area contributed by atoms with Crippen LogP contribution in [0.2, 0.25) is 0 Å². The smallest absolute Gasteiger partial charge is 0.0626 e. The fraction of sp³-hybridized carbons (Fsp3) is 0.188. The molecule has 1 aromatic carbocycles. The van der Waals surface area contributed by atoms with Gasteiger partial charge in [-0.2, -0.15) is 0 Å². The van der Waals surface area contributed by atoms with Gasteiger partial charge in [0.2, 0.25) is 0 Å². The lowest BCUT2D eigenvalue weighted by Gasteiger charge is -1.98. The summed E-state index contributed by atoms with van der Waals surface area (Å²) in [5, 5.41) is 11.6. The van der Waals surface area contributed by atoms with Gasteiger partial charge in [-0.15, -0.1) is 0 Å². The zero-order valence-corrected chi connectivity index (χ0v) is 11.2. The Morgan fingerprint density at radius 3 is 2.42 bits per heavy atom. The zero-order chi connectivity index (χ0) is 13.8. The van der Waals surface area contributed by atoms with Crippen molar-refractivity contribution in [3.8, 4) is 0 Å². The highest BCUT2D eigenvalue weighted by Gasteiger charge is 1.86. The predicted octanol–water partition coefficient (Wildman–Crippen LogP) is 2.92. The highest BCUT2D eigenvalue weighted by molar-refractivity contribution is 5.71. The molecule has 0 radical (unpaired) electrons. The Morgan fingerprint density at radius 1 is 1.05 bits per heavy atom. The van der Waals surface area contributed by atoms with Crippen LogP contribution in [-0.2, 0) is 0 Å². The molecule has 0 bridgehead atoms. The summed E-state index contributed by atoms with van der Waals surface area (Å²) in [6.07, 6.45) is 13.3. The summed E-state index contributed by atoms with van der Waals surface area (Å²) in [5.41, 5.74) is 2.27. The third-order valence-electron chi connectivity index (χ3n) is 2.35. The molecule has 0 aliphatic heterocycles. The molecule has 0 saturated carbocycles. The summed E-state index contributed by atoms with van der Waals surface area (Å²) in [7, 11) is 1.91. The molecule has 0 heterocycles. The third kappa shape index (κ3) is 7.01. The van der Waals surface area contributed by atoms with E-state index in [2.05, 4.69) is 22.4 Å². The maximum atomic E-state index is 8.52. The van der Waals surface area contributed by atoms with Crippen LogP contribution in [0.5, 0.6) is 0 Å². The Bertz CT molecular complexity index is 456. The number of aliphatic imine (C=N–C) groups is 1. The number of hydrogen-bond acceptors (Lipinski definition) is 3. The van der Waals surface area contributed by atoms with Gasteiger partial charge in [0.1, 0.15) is 0 Å². The van der Waals surface area contributed by atoms with Gasteiger partial charge in [0, 0.05) is 18.9 Å². The second-order valence-electron chi connectivity index (χ2n) is 3.78. The van der Waals surface area contributed by atoms with E-state index in [1.54, 1.807) is 6.21 Å². The van der Waals surface area contributed by atoms with E-state index in [0.29, 0.717) is 6.54 Å². The normalized spacial score (nSPS) is 12.3. The average molecular weight is 256 g/mol. The number of allylic oxidation sites excluding steroid dienone is 5. The standard InChI is InChI=1S/C16H20N2O/c1-17-16-10-8-15(9-11-16)7-5-3-2-4-6-12-18-13-14-19/h2-12,17,19H,13-14H2,1H3/b3-2+,6-4-,7-5+,18-12?. The van der Waals surface area contributed by atoms with Gasteiger partial charge in [-0.05, 0) is 23.8 Å². The first kappa shape index (κ1) is 14.9. The summed E-state index contributed by atoms with van der Waals surface area (Å²) in [6, 6.07) is 8.21. The highest BCUT2D eigenvalue weighted by atomic mass is 16.3. The molecule has 0 fully saturated rings. The van der Waals surface area contributed by atoms with Crippen LogP contribution in [0.25, 0.3) is 6.08 Å². The van der Waals surface area contributed by atoms with Gasteiger partial charge in [0.15, 0.2) is 0 Å². The van der Waals surface area contributed by atoms with Gasteiger partial charge in [0.25, 0.3) is 0 Å². The number of anilines is 1. The molecule has 0 spiro atoms. The second kappa shape index (κ2) is 9.85. The molecule has 0 aliphatic carbocycles. The lowest BCUT2D eigenvalue weighted by Crippen LogP contribution is -1.86. The van der Waals surface area contributed by atoms with E-state index in [1.807, 2.05) is 55.6 Å². The first-order valence-corrected chi connectivity index (χ1v) is 6.25. The van der Waals surface area contributed by atoms with Crippen molar-refractivity contribution in [2.75, 3.05) is 25.5 Å². The number of rotatable bonds is 7. The van der Waals surface area contributed by atoms with Crippen LogP contribution in [0.4, 0.5) is 5.69 Å². The van der Waals surface area contributed by atoms with Gasteiger partial charge in [-0.1, -0.05) is 42.5 Å². The molecule has 2 N–H and O–H groups in total. The summed E-state index contributed by atoms with van der Waals surface area (Å²) < 4.78 is 0. The number of nitrogens with one attached hydrogen (secondary N) is 1. The molecular formula is C16H20N2O. The van der Waals surface area contributed by atoms with Gasteiger partial charge in [-0.3, -0.25) is 4.99 Å². The van der Waals surface area contributed by atoms with E-state index in [-0.39, 0.29) is 6.61 Å². The molecule has 1 aromatic rings. The van der Waals surface area contributed by atoms with E-state index in [1.165, 1.54) is 0 Å². The van der Waals surface area contributed by atoms with Crippen LogP contribution in [0.15, 0.2) is 59.6 Å². The Morgan fingerprint density at radius 2 is 1.74 bits per heavy atom. The lowest BCUT2D eigenvalue weighted by atomic mass is 10.2. The maximum Gasteiger partial charge on any atom is 0.0626 e. The minimum Gasteiger partial charge on any atom is -0.394 e. The molecule has 19 heavy (non-hydrogen) atoms. The van der Waals surface area contributed by atoms with Gasteiger partial charge in [0.05, 0.1) is 13.2 Å². The topological polar surface area (TPSA) is 44.6 Å². The quantitative estimate of drug-likeness (QED) is 0.582. The zero-order valence-electron chi connectivity index (χ0n) is 11.2. The molecule has 0 atom stereocenters. The first-order valence-electron chi connectivity index (χ1n) is 6.25. The van der Waals surface area contributed by atoms with Crippen molar-refractivity contribution in [1.82, 2.24) is 0 Å². The molecule has 1 rings (SSSR count).